The molecule has 6 heteroatoms. The number of pyridine rings is 3. The second-order valence-corrected chi connectivity index (χ2v) is 8.41. The van der Waals surface area contributed by atoms with Crippen molar-refractivity contribution in [1.82, 2.24) is 18.9 Å². The number of halogens is 1. The van der Waals surface area contributed by atoms with Gasteiger partial charge in [-0.05, 0) is 60.8 Å². The highest BCUT2D eigenvalue weighted by molar-refractivity contribution is 7.98. The van der Waals surface area contributed by atoms with Crippen LogP contribution in [-0.4, -0.2) is 18.9 Å². The first kappa shape index (κ1) is 18.9. The SMILES string of the molecule is Cc1ccc(Sn2cc(-c3ccnc(Cl)c3)c3cc(-c4cccnc4)cnc32)cc1. The molecule has 0 atom stereocenters. The number of fused-ring (bicyclic) bond motifs is 1. The molecule has 1 aromatic carbocycles. The van der Waals surface area contributed by atoms with E-state index in [-0.39, 0.29) is 0 Å². The van der Waals surface area contributed by atoms with Crippen molar-refractivity contribution in [1.29, 1.82) is 0 Å². The summed E-state index contributed by atoms with van der Waals surface area (Å²) in [6, 6.07) is 18.5. The first-order chi connectivity index (χ1) is 14.7. The minimum absolute atomic E-state index is 0.468. The van der Waals surface area contributed by atoms with E-state index in [4.69, 9.17) is 16.6 Å². The van der Waals surface area contributed by atoms with Crippen molar-refractivity contribution in [2.45, 2.75) is 11.8 Å². The molecule has 0 radical (unpaired) electrons. The maximum atomic E-state index is 6.18. The Morgan fingerprint density at radius 2 is 1.73 bits per heavy atom. The largest absolute Gasteiger partial charge is 0.270 e. The summed E-state index contributed by atoms with van der Waals surface area (Å²) < 4.78 is 2.11. The lowest BCUT2D eigenvalue weighted by Gasteiger charge is -2.05. The fourth-order valence-corrected chi connectivity index (χ4v) is 4.40. The van der Waals surface area contributed by atoms with Crippen molar-refractivity contribution in [3.8, 4) is 22.3 Å². The van der Waals surface area contributed by atoms with Crippen LogP contribution in [0.15, 0.2) is 90.5 Å². The summed E-state index contributed by atoms with van der Waals surface area (Å²) in [6.07, 6.45) is 9.36. The lowest BCUT2D eigenvalue weighted by Crippen LogP contribution is -1.88. The molecule has 0 aliphatic carbocycles. The molecule has 0 aliphatic heterocycles. The van der Waals surface area contributed by atoms with Crippen molar-refractivity contribution >= 4 is 34.6 Å². The average Bonchev–Trinajstić information content (AvgIpc) is 3.14. The standard InChI is InChI=1S/C24H17ClN4S/c1-16-4-6-20(7-5-16)30-29-15-22(17-8-10-27-23(25)12-17)21-11-19(14-28-24(21)29)18-3-2-9-26-13-18/h2-15H,1H3. The predicted molar refractivity (Wildman–Crippen MR) is 124 cm³/mol. The van der Waals surface area contributed by atoms with Crippen LogP contribution in [-0.2, 0) is 0 Å². The van der Waals surface area contributed by atoms with E-state index in [1.54, 1.807) is 24.3 Å². The van der Waals surface area contributed by atoms with Crippen LogP contribution in [0.3, 0.4) is 0 Å². The molecule has 0 saturated heterocycles. The Morgan fingerprint density at radius 3 is 2.50 bits per heavy atom. The summed E-state index contributed by atoms with van der Waals surface area (Å²) in [5.41, 5.74) is 6.26. The number of hydrogen-bond acceptors (Lipinski definition) is 4. The van der Waals surface area contributed by atoms with Crippen molar-refractivity contribution in [2.75, 3.05) is 0 Å². The number of aromatic nitrogens is 4. The Hall–Kier alpha value is -3.15. The highest BCUT2D eigenvalue weighted by atomic mass is 35.5. The second kappa shape index (κ2) is 7.94. The number of nitrogens with zero attached hydrogens (tertiary/aromatic N) is 4. The summed E-state index contributed by atoms with van der Waals surface area (Å²) in [7, 11) is 0. The second-order valence-electron chi connectivity index (χ2n) is 6.98. The molecular weight excluding hydrogens is 412 g/mol. The van der Waals surface area contributed by atoms with Crippen LogP contribution in [0.4, 0.5) is 0 Å². The molecule has 0 aliphatic rings. The van der Waals surface area contributed by atoms with Gasteiger partial charge in [0.15, 0.2) is 5.65 Å². The van der Waals surface area contributed by atoms with E-state index in [1.165, 1.54) is 5.56 Å². The molecule has 5 rings (SSSR count). The topological polar surface area (TPSA) is 43.6 Å². The van der Waals surface area contributed by atoms with Crippen LogP contribution >= 0.6 is 23.5 Å². The molecule has 30 heavy (non-hydrogen) atoms. The first-order valence-corrected chi connectivity index (χ1v) is 10.6. The molecule has 146 valence electrons. The van der Waals surface area contributed by atoms with Crippen LogP contribution in [0.25, 0.3) is 33.3 Å². The molecule has 4 aromatic heterocycles. The van der Waals surface area contributed by atoms with Crippen molar-refractivity contribution in [2.24, 2.45) is 0 Å². The van der Waals surface area contributed by atoms with Gasteiger partial charge in [0.1, 0.15) is 5.15 Å². The van der Waals surface area contributed by atoms with E-state index in [1.807, 2.05) is 36.7 Å². The third-order valence-corrected chi connectivity index (χ3v) is 6.03. The van der Waals surface area contributed by atoms with E-state index >= 15 is 0 Å². The van der Waals surface area contributed by atoms with Gasteiger partial charge in [0.25, 0.3) is 0 Å². The van der Waals surface area contributed by atoms with Crippen LogP contribution in [0.5, 0.6) is 0 Å². The highest BCUT2D eigenvalue weighted by Gasteiger charge is 2.15. The quantitative estimate of drug-likeness (QED) is 0.299. The van der Waals surface area contributed by atoms with Crippen LogP contribution in [0.2, 0.25) is 5.15 Å². The summed E-state index contributed by atoms with van der Waals surface area (Å²) in [5.74, 6) is 0. The molecule has 0 bridgehead atoms. The zero-order chi connectivity index (χ0) is 20.5. The maximum Gasteiger partial charge on any atom is 0.150 e. The minimum Gasteiger partial charge on any atom is -0.270 e. The van der Waals surface area contributed by atoms with Gasteiger partial charge in [0.2, 0.25) is 0 Å². The molecule has 4 nitrogen and oxygen atoms in total. The Bertz CT molecular complexity index is 1330. The molecule has 0 amide bonds. The van der Waals surface area contributed by atoms with E-state index in [2.05, 4.69) is 57.4 Å². The Morgan fingerprint density at radius 1 is 0.867 bits per heavy atom. The van der Waals surface area contributed by atoms with Gasteiger partial charge in [-0.1, -0.05) is 35.4 Å². The van der Waals surface area contributed by atoms with Crippen molar-refractivity contribution < 1.29 is 0 Å². The van der Waals surface area contributed by atoms with Crippen molar-refractivity contribution in [3.05, 3.63) is 96.3 Å². The van der Waals surface area contributed by atoms with Gasteiger partial charge >= 0.3 is 0 Å². The lowest BCUT2D eigenvalue weighted by molar-refractivity contribution is 1.24. The summed E-state index contributed by atoms with van der Waals surface area (Å²) in [6.45, 7) is 2.09. The van der Waals surface area contributed by atoms with Crippen molar-refractivity contribution in [3.63, 3.8) is 0 Å². The molecule has 0 N–H and O–H groups in total. The van der Waals surface area contributed by atoms with Gasteiger partial charge in [0, 0.05) is 58.0 Å². The van der Waals surface area contributed by atoms with Gasteiger partial charge in [-0.3, -0.25) is 8.96 Å². The van der Waals surface area contributed by atoms with Gasteiger partial charge in [0.05, 0.1) is 0 Å². The van der Waals surface area contributed by atoms with E-state index in [9.17, 15) is 0 Å². The first-order valence-electron chi connectivity index (χ1n) is 9.46. The van der Waals surface area contributed by atoms with E-state index in [0.29, 0.717) is 5.15 Å². The molecular formula is C24H17ClN4S. The number of benzene rings is 1. The highest BCUT2D eigenvalue weighted by Crippen LogP contribution is 2.36. The summed E-state index contributed by atoms with van der Waals surface area (Å²) in [4.78, 5) is 14.3. The van der Waals surface area contributed by atoms with Crippen LogP contribution < -0.4 is 0 Å². The molecule has 0 saturated carbocycles. The maximum absolute atomic E-state index is 6.18. The van der Waals surface area contributed by atoms with Gasteiger partial charge in [-0.25, -0.2) is 9.97 Å². The monoisotopic (exact) mass is 428 g/mol. The Balaban J connectivity index is 1.68. The molecule has 5 aromatic rings. The fraction of sp³-hybridized carbons (Fsp3) is 0.0417. The number of hydrogen-bond donors (Lipinski definition) is 0. The average molecular weight is 429 g/mol. The molecule has 0 unspecified atom stereocenters. The normalized spacial score (nSPS) is 11.1. The summed E-state index contributed by atoms with van der Waals surface area (Å²) >= 11 is 7.82. The van der Waals surface area contributed by atoms with Gasteiger partial charge < -0.3 is 0 Å². The zero-order valence-electron chi connectivity index (χ0n) is 16.2. The molecule has 0 fully saturated rings. The Labute approximate surface area is 183 Å². The van der Waals surface area contributed by atoms with Gasteiger partial charge in [-0.15, -0.1) is 0 Å². The number of aryl methyl sites for hydroxylation is 1. The Kier molecular flexibility index (Phi) is 4.99. The number of rotatable bonds is 4. The molecule has 4 heterocycles. The lowest BCUT2D eigenvalue weighted by atomic mass is 10.0. The fourth-order valence-electron chi connectivity index (χ4n) is 3.35. The van der Waals surface area contributed by atoms with Crippen LogP contribution in [0.1, 0.15) is 5.56 Å². The zero-order valence-corrected chi connectivity index (χ0v) is 17.7. The minimum atomic E-state index is 0.468. The smallest absolute Gasteiger partial charge is 0.150 e. The predicted octanol–water partition coefficient (Wildman–Crippen LogP) is 6.68. The van der Waals surface area contributed by atoms with Gasteiger partial charge in [-0.2, -0.15) is 0 Å². The summed E-state index contributed by atoms with van der Waals surface area (Å²) in [5, 5.41) is 1.52. The van der Waals surface area contributed by atoms with Crippen LogP contribution in [0, 0.1) is 6.92 Å². The third kappa shape index (κ3) is 3.70. The third-order valence-electron chi connectivity index (χ3n) is 4.87. The molecule has 0 spiro atoms. The van der Waals surface area contributed by atoms with E-state index in [0.717, 1.165) is 38.2 Å². The van der Waals surface area contributed by atoms with E-state index < -0.39 is 0 Å².